The van der Waals surface area contributed by atoms with Gasteiger partial charge in [0, 0.05) is 30.1 Å². The van der Waals surface area contributed by atoms with E-state index in [4.69, 9.17) is 4.74 Å². The van der Waals surface area contributed by atoms with Gasteiger partial charge in [0.1, 0.15) is 5.75 Å². The number of non-ortho nitro benzene ring substituents is 1. The van der Waals surface area contributed by atoms with Crippen LogP contribution in [0.25, 0.3) is 0 Å². The van der Waals surface area contributed by atoms with Crippen molar-refractivity contribution in [3.05, 3.63) is 52.6 Å². The molecule has 9 nitrogen and oxygen atoms in total. The molecular formula is C21H27N3O6S2. The lowest BCUT2D eigenvalue weighted by Crippen LogP contribution is -2.30. The molecule has 32 heavy (non-hydrogen) atoms. The molecule has 0 aliphatic carbocycles. The zero-order valence-corrected chi connectivity index (χ0v) is 20.0. The molecule has 0 bridgehead atoms. The molecule has 2 aromatic rings. The number of benzene rings is 2. The Morgan fingerprint density at radius 2 is 1.78 bits per heavy atom. The number of hydrogen-bond donors (Lipinski definition) is 1. The highest BCUT2D eigenvalue weighted by molar-refractivity contribution is 8.00. The van der Waals surface area contributed by atoms with Gasteiger partial charge in [-0.3, -0.25) is 14.9 Å². The molecule has 0 aromatic heterocycles. The predicted molar refractivity (Wildman–Crippen MR) is 125 cm³/mol. The average molecular weight is 482 g/mol. The van der Waals surface area contributed by atoms with E-state index >= 15 is 0 Å². The second-order valence-corrected chi connectivity index (χ2v) is 10.0. The molecule has 0 spiro atoms. The van der Waals surface area contributed by atoms with E-state index in [1.807, 2.05) is 0 Å². The van der Waals surface area contributed by atoms with Crippen LogP contribution >= 0.6 is 11.8 Å². The largest absolute Gasteiger partial charge is 0.492 e. The Morgan fingerprint density at radius 1 is 1.16 bits per heavy atom. The van der Waals surface area contributed by atoms with Crippen LogP contribution in [-0.4, -0.2) is 48.5 Å². The molecule has 0 heterocycles. The van der Waals surface area contributed by atoms with E-state index in [9.17, 15) is 23.3 Å². The third kappa shape index (κ3) is 6.21. The number of nitro groups is 1. The van der Waals surface area contributed by atoms with Gasteiger partial charge in [-0.25, -0.2) is 8.42 Å². The Hall–Kier alpha value is -2.63. The van der Waals surface area contributed by atoms with Gasteiger partial charge in [-0.05, 0) is 44.2 Å². The van der Waals surface area contributed by atoms with Gasteiger partial charge in [-0.2, -0.15) is 4.31 Å². The Balaban J connectivity index is 2.25. The van der Waals surface area contributed by atoms with Crippen molar-refractivity contribution >= 4 is 39.1 Å². The summed E-state index contributed by atoms with van der Waals surface area (Å²) in [7, 11) is -3.70. The number of carbonyl (C=O) groups excluding carboxylic acids is 1. The molecule has 2 rings (SSSR count). The summed E-state index contributed by atoms with van der Waals surface area (Å²) in [6.45, 7) is 8.01. The molecule has 1 N–H and O–H groups in total. The van der Waals surface area contributed by atoms with Gasteiger partial charge in [0.25, 0.3) is 5.69 Å². The number of hydrogen-bond acceptors (Lipinski definition) is 7. The minimum atomic E-state index is -3.70. The van der Waals surface area contributed by atoms with Gasteiger partial charge in [0.2, 0.25) is 15.9 Å². The molecule has 1 unspecified atom stereocenters. The van der Waals surface area contributed by atoms with E-state index in [1.54, 1.807) is 39.8 Å². The number of nitrogens with zero attached hydrogens (tertiary/aromatic N) is 2. The van der Waals surface area contributed by atoms with Gasteiger partial charge in [0.15, 0.2) is 0 Å². The average Bonchev–Trinajstić information content (AvgIpc) is 2.76. The molecule has 0 saturated carbocycles. The molecule has 11 heteroatoms. The van der Waals surface area contributed by atoms with E-state index in [0.717, 1.165) is 0 Å². The second kappa shape index (κ2) is 11.3. The monoisotopic (exact) mass is 481 g/mol. The van der Waals surface area contributed by atoms with Crippen molar-refractivity contribution in [2.24, 2.45) is 0 Å². The van der Waals surface area contributed by atoms with Crippen molar-refractivity contribution < 1.29 is 22.9 Å². The number of ether oxygens (including phenoxy) is 1. The zero-order valence-electron chi connectivity index (χ0n) is 18.4. The normalized spacial score (nSPS) is 12.4. The summed E-state index contributed by atoms with van der Waals surface area (Å²) in [5, 5.41) is 13.0. The summed E-state index contributed by atoms with van der Waals surface area (Å²) in [5.74, 6) is 0.0126. The third-order valence-corrected chi connectivity index (χ3v) is 7.74. The molecular weight excluding hydrogens is 454 g/mol. The Bertz CT molecular complexity index is 1050. The summed E-state index contributed by atoms with van der Waals surface area (Å²) in [4.78, 5) is 23.9. The van der Waals surface area contributed by atoms with E-state index < -0.39 is 20.2 Å². The maximum Gasteiger partial charge on any atom is 0.269 e. The lowest BCUT2D eigenvalue weighted by molar-refractivity contribution is -0.384. The van der Waals surface area contributed by atoms with Crippen LogP contribution in [0.1, 0.15) is 27.7 Å². The first kappa shape index (κ1) is 25.6. The highest BCUT2D eigenvalue weighted by Gasteiger charge is 2.24. The standard InChI is InChI=1S/C21H27N3O6S2/c1-5-23(6-2)32(28,29)18-12-13-20(30-7-3)19(14-18)22-21(25)15(4)31-17-10-8-16(9-11-17)24(26)27/h8-15H,5-7H2,1-4H3,(H,22,25). The summed E-state index contributed by atoms with van der Waals surface area (Å²) in [5.41, 5.74) is 0.236. The van der Waals surface area contributed by atoms with Crippen LogP contribution < -0.4 is 10.1 Å². The van der Waals surface area contributed by atoms with Gasteiger partial charge in [0.05, 0.1) is 27.4 Å². The molecule has 174 valence electrons. The Labute approximate surface area is 192 Å². The van der Waals surface area contributed by atoms with Crippen LogP contribution in [0.3, 0.4) is 0 Å². The van der Waals surface area contributed by atoms with Crippen molar-refractivity contribution in [1.29, 1.82) is 0 Å². The molecule has 0 aliphatic rings. The quantitative estimate of drug-likeness (QED) is 0.291. The van der Waals surface area contributed by atoms with Crippen LogP contribution in [0.5, 0.6) is 5.75 Å². The number of nitrogens with one attached hydrogen (secondary N) is 1. The first-order valence-corrected chi connectivity index (χ1v) is 12.4. The molecule has 1 atom stereocenters. The number of anilines is 1. The van der Waals surface area contributed by atoms with Crippen LogP contribution in [-0.2, 0) is 14.8 Å². The van der Waals surface area contributed by atoms with Crippen LogP contribution in [0.15, 0.2) is 52.3 Å². The third-order valence-electron chi connectivity index (χ3n) is 4.58. The number of carbonyl (C=O) groups is 1. The lowest BCUT2D eigenvalue weighted by atomic mass is 10.2. The van der Waals surface area contributed by atoms with Gasteiger partial charge < -0.3 is 10.1 Å². The van der Waals surface area contributed by atoms with Crippen molar-refractivity contribution in [3.8, 4) is 5.75 Å². The number of thioether (sulfide) groups is 1. The molecule has 0 aliphatic heterocycles. The van der Waals surface area contributed by atoms with E-state index in [-0.39, 0.29) is 22.2 Å². The maximum absolute atomic E-state index is 12.9. The molecule has 0 radical (unpaired) electrons. The minimum absolute atomic E-state index is 0.0287. The fourth-order valence-electron chi connectivity index (χ4n) is 2.90. The second-order valence-electron chi connectivity index (χ2n) is 6.68. The topological polar surface area (TPSA) is 119 Å². The summed E-state index contributed by atoms with van der Waals surface area (Å²) >= 11 is 1.23. The van der Waals surface area contributed by atoms with E-state index in [1.165, 1.54) is 46.4 Å². The fourth-order valence-corrected chi connectivity index (χ4v) is 5.25. The Morgan fingerprint density at radius 3 is 2.31 bits per heavy atom. The molecule has 1 amide bonds. The van der Waals surface area contributed by atoms with E-state index in [2.05, 4.69) is 5.32 Å². The van der Waals surface area contributed by atoms with E-state index in [0.29, 0.717) is 30.3 Å². The molecule has 2 aromatic carbocycles. The molecule has 0 saturated heterocycles. The SMILES string of the molecule is CCOc1ccc(S(=O)(=O)N(CC)CC)cc1NC(=O)C(C)Sc1ccc([N+](=O)[O-])cc1. The highest BCUT2D eigenvalue weighted by Crippen LogP contribution is 2.31. The highest BCUT2D eigenvalue weighted by atomic mass is 32.2. The predicted octanol–water partition coefficient (Wildman–Crippen LogP) is 4.14. The first-order valence-electron chi connectivity index (χ1n) is 10.1. The summed E-state index contributed by atoms with van der Waals surface area (Å²) in [6, 6.07) is 10.3. The number of nitro benzene ring substituents is 1. The molecule has 0 fully saturated rings. The lowest BCUT2D eigenvalue weighted by Gasteiger charge is -2.20. The van der Waals surface area contributed by atoms with Crippen molar-refractivity contribution in [2.45, 2.75) is 42.7 Å². The fraction of sp³-hybridized carbons (Fsp3) is 0.381. The van der Waals surface area contributed by atoms with Crippen molar-refractivity contribution in [3.63, 3.8) is 0 Å². The zero-order chi connectivity index (χ0) is 23.9. The maximum atomic E-state index is 12.9. The van der Waals surface area contributed by atoms with Crippen LogP contribution in [0.2, 0.25) is 0 Å². The first-order chi connectivity index (χ1) is 15.1. The number of rotatable bonds is 11. The van der Waals surface area contributed by atoms with Gasteiger partial charge in [-0.15, -0.1) is 11.8 Å². The smallest absolute Gasteiger partial charge is 0.269 e. The summed E-state index contributed by atoms with van der Waals surface area (Å²) < 4.78 is 32.6. The van der Waals surface area contributed by atoms with Crippen molar-refractivity contribution in [2.75, 3.05) is 25.0 Å². The van der Waals surface area contributed by atoms with Gasteiger partial charge in [-0.1, -0.05) is 13.8 Å². The Kier molecular flexibility index (Phi) is 9.05. The van der Waals surface area contributed by atoms with Crippen molar-refractivity contribution in [1.82, 2.24) is 4.31 Å². The number of amides is 1. The number of sulfonamides is 1. The van der Waals surface area contributed by atoms with Crippen LogP contribution in [0, 0.1) is 10.1 Å². The van der Waals surface area contributed by atoms with Gasteiger partial charge >= 0.3 is 0 Å². The minimum Gasteiger partial charge on any atom is -0.492 e. The van der Waals surface area contributed by atoms with Crippen LogP contribution in [0.4, 0.5) is 11.4 Å². The summed E-state index contributed by atoms with van der Waals surface area (Å²) in [6.07, 6.45) is 0.